The van der Waals surface area contributed by atoms with Gasteiger partial charge in [0, 0.05) is 5.56 Å². The molecule has 0 N–H and O–H groups in total. The maximum Gasteiger partial charge on any atom is 0.427 e. The summed E-state index contributed by atoms with van der Waals surface area (Å²) in [5, 5.41) is -0.707. The van der Waals surface area contributed by atoms with Gasteiger partial charge in [-0.05, 0) is 18.7 Å². The van der Waals surface area contributed by atoms with Crippen LogP contribution in [0.15, 0.2) is 51.7 Å². The Labute approximate surface area is 134 Å². The molecule has 0 saturated heterocycles. The van der Waals surface area contributed by atoms with Gasteiger partial charge < -0.3 is 9.47 Å². The molecule has 4 nitrogen and oxygen atoms in total. The second-order valence-corrected chi connectivity index (χ2v) is 5.42. The highest BCUT2D eigenvalue weighted by atomic mass is 32.2. The molecule has 1 aliphatic heterocycles. The van der Waals surface area contributed by atoms with Crippen molar-refractivity contribution in [3.63, 3.8) is 0 Å². The summed E-state index contributed by atoms with van der Waals surface area (Å²) in [5.74, 6) is -2.04. The Balaban J connectivity index is 2.38. The van der Waals surface area contributed by atoms with E-state index in [1.54, 1.807) is 18.2 Å². The third-order valence-electron chi connectivity index (χ3n) is 2.88. The normalized spacial score (nSPS) is 16.9. The number of hydrogen-bond donors (Lipinski definition) is 0. The van der Waals surface area contributed by atoms with E-state index in [-0.39, 0.29) is 10.7 Å². The zero-order chi connectivity index (χ0) is 17.2. The molecule has 0 fully saturated rings. The number of hydrogen-bond acceptors (Lipinski definition) is 5. The first-order valence-corrected chi connectivity index (χ1v) is 7.13. The first-order valence-electron chi connectivity index (χ1n) is 6.31. The van der Waals surface area contributed by atoms with Gasteiger partial charge in [-0.1, -0.05) is 30.3 Å². The van der Waals surface area contributed by atoms with E-state index >= 15 is 0 Å². The van der Waals surface area contributed by atoms with Gasteiger partial charge in [0.25, 0.3) is 0 Å². The minimum atomic E-state index is -4.96. The van der Waals surface area contributed by atoms with E-state index in [4.69, 9.17) is 4.74 Å². The topological polar surface area (TPSA) is 52.6 Å². The Kier molecular flexibility index (Phi) is 4.84. The highest BCUT2D eigenvalue weighted by molar-refractivity contribution is 8.07. The van der Waals surface area contributed by atoms with Crippen molar-refractivity contribution >= 4 is 23.5 Å². The molecule has 0 saturated carbocycles. The van der Waals surface area contributed by atoms with E-state index in [0.717, 1.165) is 7.11 Å². The summed E-state index contributed by atoms with van der Waals surface area (Å²) in [4.78, 5) is 23.7. The van der Waals surface area contributed by atoms with Gasteiger partial charge in [0.1, 0.15) is 10.7 Å². The molecule has 0 spiro atoms. The molecule has 0 amide bonds. The van der Waals surface area contributed by atoms with Crippen LogP contribution in [0.25, 0.3) is 0 Å². The van der Waals surface area contributed by atoms with Gasteiger partial charge in [0.2, 0.25) is 5.78 Å². The predicted molar refractivity (Wildman–Crippen MR) is 77.2 cm³/mol. The van der Waals surface area contributed by atoms with Crippen molar-refractivity contribution < 1.29 is 32.2 Å². The van der Waals surface area contributed by atoms with Crippen LogP contribution in [0.4, 0.5) is 13.2 Å². The number of methoxy groups -OCH3 is 1. The largest absolute Gasteiger partial charge is 0.465 e. The molecule has 0 unspecified atom stereocenters. The van der Waals surface area contributed by atoms with Crippen LogP contribution >= 0.6 is 11.8 Å². The average molecular weight is 344 g/mol. The first kappa shape index (κ1) is 17.1. The van der Waals surface area contributed by atoms with Gasteiger partial charge in [0.05, 0.1) is 7.11 Å². The number of alkyl halides is 3. The van der Waals surface area contributed by atoms with Crippen molar-refractivity contribution in [1.82, 2.24) is 0 Å². The Bertz CT molecular complexity index is 705. The van der Waals surface area contributed by atoms with Crippen LogP contribution in [0.1, 0.15) is 17.3 Å². The van der Waals surface area contributed by atoms with Gasteiger partial charge in [0.15, 0.2) is 10.7 Å². The third-order valence-corrected chi connectivity index (χ3v) is 4.03. The lowest BCUT2D eigenvalue weighted by Gasteiger charge is -2.11. The molecule has 2 rings (SSSR count). The molecule has 0 atom stereocenters. The monoisotopic (exact) mass is 344 g/mol. The third kappa shape index (κ3) is 3.58. The molecular weight excluding hydrogens is 333 g/mol. The molecule has 0 aliphatic carbocycles. The van der Waals surface area contributed by atoms with Gasteiger partial charge in [-0.3, -0.25) is 4.79 Å². The number of carbonyl (C=O) groups excluding carboxylic acids is 2. The summed E-state index contributed by atoms with van der Waals surface area (Å²) in [5.41, 5.74) is -1.26. The van der Waals surface area contributed by atoms with Gasteiger partial charge >= 0.3 is 12.1 Å². The molecule has 0 aromatic heterocycles. The fourth-order valence-corrected chi connectivity index (χ4v) is 2.87. The Morgan fingerprint density at radius 1 is 1.17 bits per heavy atom. The second-order valence-electron chi connectivity index (χ2n) is 4.44. The van der Waals surface area contributed by atoms with Crippen LogP contribution in [-0.4, -0.2) is 25.0 Å². The number of thioether (sulfide) groups is 1. The Morgan fingerprint density at radius 3 is 2.30 bits per heavy atom. The number of rotatable bonds is 3. The van der Waals surface area contributed by atoms with E-state index < -0.39 is 28.6 Å². The summed E-state index contributed by atoms with van der Waals surface area (Å²) < 4.78 is 48.3. The van der Waals surface area contributed by atoms with Crippen molar-refractivity contribution in [2.45, 2.75) is 13.1 Å². The summed E-state index contributed by atoms with van der Waals surface area (Å²) in [6.45, 7) is 1.36. The maximum atomic E-state index is 13.0. The summed E-state index contributed by atoms with van der Waals surface area (Å²) in [6, 6.07) is 8.05. The molecule has 1 aromatic rings. The van der Waals surface area contributed by atoms with Crippen LogP contribution in [0, 0.1) is 0 Å². The van der Waals surface area contributed by atoms with Crippen molar-refractivity contribution in [3.05, 3.63) is 57.2 Å². The number of carbonyl (C=O) groups is 2. The lowest BCUT2D eigenvalue weighted by Crippen LogP contribution is -2.23. The molecule has 0 bridgehead atoms. The number of halogens is 3. The zero-order valence-corrected chi connectivity index (χ0v) is 12.9. The quantitative estimate of drug-likeness (QED) is 0.474. The summed E-state index contributed by atoms with van der Waals surface area (Å²) in [6.07, 6.45) is -4.96. The maximum absolute atomic E-state index is 13.0. The molecule has 0 radical (unpaired) electrons. The van der Waals surface area contributed by atoms with Crippen LogP contribution < -0.4 is 0 Å². The minimum absolute atomic E-state index is 0.00291. The van der Waals surface area contributed by atoms with Crippen molar-refractivity contribution in [3.8, 4) is 0 Å². The minimum Gasteiger partial charge on any atom is -0.465 e. The summed E-state index contributed by atoms with van der Waals surface area (Å²) in [7, 11) is 0.838. The fourth-order valence-electron chi connectivity index (χ4n) is 1.82. The standard InChI is InChI=1S/C15H11F3O4S/c1-8-12(11(19)9-6-4-3-5-7-9)23-14(22-8)10(13(20)21-2)15(16,17)18/h3-7H,1-2H3/b14-10+. The van der Waals surface area contributed by atoms with Crippen molar-refractivity contribution in [2.24, 2.45) is 0 Å². The van der Waals surface area contributed by atoms with E-state index in [0.29, 0.717) is 17.3 Å². The highest BCUT2D eigenvalue weighted by Crippen LogP contribution is 2.45. The first-order chi connectivity index (χ1) is 10.8. The van der Waals surface area contributed by atoms with Crippen molar-refractivity contribution in [1.29, 1.82) is 0 Å². The lowest BCUT2D eigenvalue weighted by atomic mass is 10.1. The number of esters is 1. The number of ketones is 1. The highest BCUT2D eigenvalue weighted by Gasteiger charge is 2.46. The van der Waals surface area contributed by atoms with E-state index in [1.807, 2.05) is 0 Å². The van der Waals surface area contributed by atoms with E-state index in [1.165, 1.54) is 19.1 Å². The lowest BCUT2D eigenvalue weighted by molar-refractivity contribution is -0.148. The predicted octanol–water partition coefficient (Wildman–Crippen LogP) is 3.81. The molecule has 8 heteroatoms. The van der Waals surface area contributed by atoms with Crippen LogP contribution in [0.2, 0.25) is 0 Å². The second kappa shape index (κ2) is 6.49. The molecule has 23 heavy (non-hydrogen) atoms. The molecule has 1 aliphatic rings. The smallest absolute Gasteiger partial charge is 0.427 e. The fraction of sp³-hybridized carbons (Fsp3) is 0.200. The number of Topliss-reactive ketones (excluding diaryl/α,β-unsaturated/α-hetero) is 1. The van der Waals surface area contributed by atoms with Crippen LogP contribution in [-0.2, 0) is 14.3 Å². The Hall–Kier alpha value is -2.22. The van der Waals surface area contributed by atoms with Gasteiger partial charge in [-0.25, -0.2) is 4.79 Å². The number of benzene rings is 1. The molecular formula is C15H11F3O4S. The number of allylic oxidation sites excluding steroid dienone is 2. The molecule has 1 heterocycles. The average Bonchev–Trinajstić information content (AvgIpc) is 2.87. The van der Waals surface area contributed by atoms with Gasteiger partial charge in [-0.2, -0.15) is 13.2 Å². The van der Waals surface area contributed by atoms with E-state index in [2.05, 4.69) is 4.74 Å². The summed E-state index contributed by atoms with van der Waals surface area (Å²) >= 11 is 0.467. The van der Waals surface area contributed by atoms with E-state index in [9.17, 15) is 22.8 Å². The Morgan fingerprint density at radius 2 is 1.78 bits per heavy atom. The molecule has 1 aromatic carbocycles. The van der Waals surface area contributed by atoms with Crippen LogP contribution in [0.5, 0.6) is 0 Å². The van der Waals surface area contributed by atoms with Crippen molar-refractivity contribution in [2.75, 3.05) is 7.11 Å². The van der Waals surface area contributed by atoms with Gasteiger partial charge in [-0.15, -0.1) is 0 Å². The number of ether oxygens (including phenoxy) is 2. The molecule has 122 valence electrons. The zero-order valence-electron chi connectivity index (χ0n) is 12.1. The SMILES string of the molecule is COC(=O)/C(=C1/OC(C)=C(C(=O)c2ccccc2)S1)C(F)(F)F. The van der Waals surface area contributed by atoms with Crippen LogP contribution in [0.3, 0.4) is 0 Å².